The van der Waals surface area contributed by atoms with Gasteiger partial charge in [-0.15, -0.1) is 0 Å². The zero-order chi connectivity index (χ0) is 21.1. The van der Waals surface area contributed by atoms with Crippen LogP contribution in [-0.4, -0.2) is 74.7 Å². The molecule has 0 saturated carbocycles. The molecule has 2 aromatic rings. The quantitative estimate of drug-likeness (QED) is 0.757. The predicted molar refractivity (Wildman–Crippen MR) is 113 cm³/mol. The number of rotatable bonds is 5. The van der Waals surface area contributed by atoms with Gasteiger partial charge >= 0.3 is 6.03 Å². The summed E-state index contributed by atoms with van der Waals surface area (Å²) in [5, 5.41) is 0. The van der Waals surface area contributed by atoms with Crippen LogP contribution in [-0.2, 0) is 4.79 Å². The molecular formula is C22H25FN4O3. The van der Waals surface area contributed by atoms with Gasteiger partial charge in [-0.1, -0.05) is 0 Å². The normalized spacial score (nSPS) is 16.9. The average molecular weight is 412 g/mol. The van der Waals surface area contributed by atoms with Crippen LogP contribution >= 0.6 is 0 Å². The number of carbonyl (C=O) groups is 2. The second-order valence-corrected chi connectivity index (χ2v) is 7.40. The molecular weight excluding hydrogens is 387 g/mol. The molecule has 2 aromatic carbocycles. The molecule has 2 aliphatic heterocycles. The third-order valence-electron chi connectivity index (χ3n) is 5.63. The first-order valence-corrected chi connectivity index (χ1v) is 10.0. The maximum atomic E-state index is 13.1. The van der Waals surface area contributed by atoms with Crippen molar-refractivity contribution in [3.8, 4) is 5.75 Å². The van der Waals surface area contributed by atoms with Gasteiger partial charge in [0.1, 0.15) is 18.1 Å². The Morgan fingerprint density at radius 1 is 0.900 bits per heavy atom. The first-order chi connectivity index (χ1) is 14.5. The summed E-state index contributed by atoms with van der Waals surface area (Å²) in [7, 11) is 1.64. The summed E-state index contributed by atoms with van der Waals surface area (Å²) in [5.41, 5.74) is 1.75. The van der Waals surface area contributed by atoms with Crippen LogP contribution in [0.25, 0.3) is 0 Å². The number of carbonyl (C=O) groups excluding carboxylic acids is 2. The van der Waals surface area contributed by atoms with E-state index in [-0.39, 0.29) is 24.3 Å². The van der Waals surface area contributed by atoms with Crippen molar-refractivity contribution in [1.82, 2.24) is 9.80 Å². The molecule has 0 aliphatic carbocycles. The van der Waals surface area contributed by atoms with Crippen LogP contribution in [0.4, 0.5) is 20.6 Å². The summed E-state index contributed by atoms with van der Waals surface area (Å²) in [4.78, 5) is 32.6. The first-order valence-electron chi connectivity index (χ1n) is 10.0. The number of anilines is 2. The molecule has 7 nitrogen and oxygen atoms in total. The Hall–Kier alpha value is -3.29. The highest BCUT2D eigenvalue weighted by Gasteiger charge is 2.32. The number of urea groups is 1. The number of ether oxygens (including phenoxy) is 1. The Kier molecular flexibility index (Phi) is 5.74. The van der Waals surface area contributed by atoms with E-state index < -0.39 is 0 Å². The maximum absolute atomic E-state index is 13.1. The molecule has 30 heavy (non-hydrogen) atoms. The van der Waals surface area contributed by atoms with Crippen LogP contribution in [0.3, 0.4) is 0 Å². The first kappa shape index (κ1) is 20.0. The largest absolute Gasteiger partial charge is 0.497 e. The number of halogens is 1. The van der Waals surface area contributed by atoms with E-state index in [1.165, 1.54) is 12.1 Å². The number of hydrogen-bond donors (Lipinski definition) is 0. The minimum atomic E-state index is -0.341. The van der Waals surface area contributed by atoms with Crippen LogP contribution < -0.4 is 14.5 Å². The summed E-state index contributed by atoms with van der Waals surface area (Å²) >= 11 is 0. The van der Waals surface area contributed by atoms with Gasteiger partial charge in [0.2, 0.25) is 5.91 Å². The highest BCUT2D eigenvalue weighted by atomic mass is 19.1. The molecule has 8 heteroatoms. The molecule has 0 N–H and O–H groups in total. The van der Waals surface area contributed by atoms with E-state index in [0.717, 1.165) is 24.5 Å². The third-order valence-corrected chi connectivity index (χ3v) is 5.63. The Morgan fingerprint density at radius 2 is 1.53 bits per heavy atom. The van der Waals surface area contributed by atoms with Gasteiger partial charge in [0.15, 0.2) is 0 Å². The summed E-state index contributed by atoms with van der Waals surface area (Å²) < 4.78 is 18.3. The van der Waals surface area contributed by atoms with Crippen molar-refractivity contribution < 1.29 is 18.7 Å². The van der Waals surface area contributed by atoms with E-state index in [9.17, 15) is 14.0 Å². The van der Waals surface area contributed by atoms with Gasteiger partial charge in [-0.25, -0.2) is 9.18 Å². The number of piperazine rings is 1. The van der Waals surface area contributed by atoms with Crippen LogP contribution in [0, 0.1) is 5.82 Å². The molecule has 2 saturated heterocycles. The van der Waals surface area contributed by atoms with E-state index in [2.05, 4.69) is 4.90 Å². The van der Waals surface area contributed by atoms with Crippen molar-refractivity contribution >= 4 is 23.3 Å². The molecule has 2 heterocycles. The summed E-state index contributed by atoms with van der Waals surface area (Å²) in [5.74, 6) is 0.433. The minimum absolute atomic E-state index is 0.0429. The van der Waals surface area contributed by atoms with E-state index in [1.54, 1.807) is 29.0 Å². The topological polar surface area (TPSA) is 56.3 Å². The SMILES string of the molecule is COc1ccc(N2CCN(C(=O)CN3CCN(c4ccc(F)cc4)C3=O)CC2)cc1. The monoisotopic (exact) mass is 412 g/mol. The lowest BCUT2D eigenvalue weighted by Gasteiger charge is -2.36. The molecule has 0 spiro atoms. The van der Waals surface area contributed by atoms with Crippen molar-refractivity contribution in [3.05, 3.63) is 54.3 Å². The lowest BCUT2D eigenvalue weighted by molar-refractivity contribution is -0.131. The maximum Gasteiger partial charge on any atom is 0.325 e. The number of methoxy groups -OCH3 is 1. The van der Waals surface area contributed by atoms with Gasteiger partial charge in [0.05, 0.1) is 7.11 Å². The lowest BCUT2D eigenvalue weighted by Crippen LogP contribution is -2.51. The summed E-state index contributed by atoms with van der Waals surface area (Å²) in [6.45, 7) is 3.76. The van der Waals surface area contributed by atoms with Crippen molar-refractivity contribution in [2.75, 3.05) is 62.7 Å². The molecule has 4 rings (SSSR count). The van der Waals surface area contributed by atoms with E-state index in [4.69, 9.17) is 4.74 Å². The van der Waals surface area contributed by atoms with Crippen LogP contribution in [0.15, 0.2) is 48.5 Å². The van der Waals surface area contributed by atoms with Gasteiger partial charge in [-0.2, -0.15) is 0 Å². The van der Waals surface area contributed by atoms with Crippen molar-refractivity contribution in [2.24, 2.45) is 0 Å². The van der Waals surface area contributed by atoms with Crippen molar-refractivity contribution in [2.45, 2.75) is 0 Å². The minimum Gasteiger partial charge on any atom is -0.497 e. The second-order valence-electron chi connectivity index (χ2n) is 7.40. The van der Waals surface area contributed by atoms with Crippen molar-refractivity contribution in [1.29, 1.82) is 0 Å². The Balaban J connectivity index is 1.29. The highest BCUT2D eigenvalue weighted by Crippen LogP contribution is 2.22. The molecule has 2 aliphatic rings. The standard InChI is InChI=1S/C22H25FN4O3/c1-30-20-8-6-18(7-9-20)24-10-12-25(13-11-24)21(28)16-26-14-15-27(22(26)29)19-4-2-17(23)3-5-19/h2-9H,10-16H2,1H3. The molecule has 0 unspecified atom stereocenters. The fourth-order valence-electron chi connectivity index (χ4n) is 3.86. The van der Waals surface area contributed by atoms with Gasteiger partial charge in [-0.3, -0.25) is 9.69 Å². The zero-order valence-corrected chi connectivity index (χ0v) is 17.0. The fourth-order valence-corrected chi connectivity index (χ4v) is 3.86. The van der Waals surface area contributed by atoms with E-state index in [1.807, 2.05) is 29.2 Å². The Labute approximate surface area is 175 Å². The zero-order valence-electron chi connectivity index (χ0n) is 17.0. The molecule has 0 atom stereocenters. The summed E-state index contributed by atoms with van der Waals surface area (Å²) in [6.07, 6.45) is 0. The number of amides is 3. The van der Waals surface area contributed by atoms with Gasteiger partial charge < -0.3 is 19.4 Å². The van der Waals surface area contributed by atoms with Gasteiger partial charge in [0.25, 0.3) is 0 Å². The number of nitrogens with zero attached hydrogens (tertiary/aromatic N) is 4. The number of benzene rings is 2. The predicted octanol–water partition coefficient (Wildman–Crippen LogP) is 2.43. The van der Waals surface area contributed by atoms with Gasteiger partial charge in [0, 0.05) is 50.6 Å². The Bertz CT molecular complexity index is 896. The molecule has 3 amide bonds. The smallest absolute Gasteiger partial charge is 0.325 e. The van der Waals surface area contributed by atoms with Gasteiger partial charge in [-0.05, 0) is 48.5 Å². The molecule has 0 bridgehead atoms. The highest BCUT2D eigenvalue weighted by molar-refractivity contribution is 5.96. The van der Waals surface area contributed by atoms with Crippen molar-refractivity contribution in [3.63, 3.8) is 0 Å². The van der Waals surface area contributed by atoms with E-state index in [0.29, 0.717) is 31.9 Å². The molecule has 0 radical (unpaired) electrons. The lowest BCUT2D eigenvalue weighted by atomic mass is 10.2. The van der Waals surface area contributed by atoms with E-state index >= 15 is 0 Å². The molecule has 158 valence electrons. The summed E-state index contributed by atoms with van der Waals surface area (Å²) in [6, 6.07) is 13.5. The Morgan fingerprint density at radius 3 is 2.17 bits per heavy atom. The fraction of sp³-hybridized carbons (Fsp3) is 0.364. The van der Waals surface area contributed by atoms with Crippen LogP contribution in [0.1, 0.15) is 0 Å². The number of hydrogen-bond acceptors (Lipinski definition) is 4. The molecule has 0 aromatic heterocycles. The second kappa shape index (κ2) is 8.61. The van der Waals surface area contributed by atoms with Crippen LogP contribution in [0.5, 0.6) is 5.75 Å². The molecule has 2 fully saturated rings. The van der Waals surface area contributed by atoms with Crippen LogP contribution in [0.2, 0.25) is 0 Å². The average Bonchev–Trinajstić information content (AvgIpc) is 3.14. The third kappa shape index (κ3) is 4.17.